The van der Waals surface area contributed by atoms with Gasteiger partial charge in [-0.25, -0.2) is 0 Å². The molecule has 0 atom stereocenters. The third-order valence-corrected chi connectivity index (χ3v) is 3.23. The molecule has 0 aromatic heterocycles. The fourth-order valence-corrected chi connectivity index (χ4v) is 1.93. The molecular formula is C15H14BrNO2. The minimum absolute atomic E-state index is 0.0337. The molecule has 0 heterocycles. The van der Waals surface area contributed by atoms with Gasteiger partial charge in [-0.2, -0.15) is 0 Å². The predicted molar refractivity (Wildman–Crippen MR) is 77.8 cm³/mol. The van der Waals surface area contributed by atoms with Crippen molar-refractivity contribution in [3.63, 3.8) is 0 Å². The van der Waals surface area contributed by atoms with Gasteiger partial charge in [0.05, 0.1) is 6.42 Å². The zero-order valence-corrected chi connectivity index (χ0v) is 11.9. The Hall–Kier alpha value is -1.81. The van der Waals surface area contributed by atoms with Crippen molar-refractivity contribution in [1.82, 2.24) is 5.32 Å². The molecule has 0 saturated carbocycles. The number of hydrogen-bond acceptors (Lipinski definition) is 2. The number of aromatic hydroxyl groups is 1. The first-order valence-electron chi connectivity index (χ1n) is 5.92. The number of rotatable bonds is 4. The number of phenols is 1. The summed E-state index contributed by atoms with van der Waals surface area (Å²) < 4.78 is 1.02. The molecular weight excluding hydrogens is 306 g/mol. The number of phenolic OH excluding ortho intramolecular Hbond substituents is 1. The van der Waals surface area contributed by atoms with Crippen LogP contribution in [-0.4, -0.2) is 11.0 Å². The number of nitrogens with one attached hydrogen (secondary N) is 1. The van der Waals surface area contributed by atoms with Gasteiger partial charge in [0.25, 0.3) is 0 Å². The predicted octanol–water partition coefficient (Wildman–Crippen LogP) is 3.01. The van der Waals surface area contributed by atoms with Gasteiger partial charge in [0.2, 0.25) is 5.91 Å². The van der Waals surface area contributed by atoms with Crippen molar-refractivity contribution in [1.29, 1.82) is 0 Å². The Morgan fingerprint density at radius 3 is 2.21 bits per heavy atom. The zero-order valence-electron chi connectivity index (χ0n) is 10.3. The van der Waals surface area contributed by atoms with Crippen molar-refractivity contribution in [2.75, 3.05) is 0 Å². The SMILES string of the molecule is O=C(Cc1ccc(O)cc1)NCc1ccc(Br)cc1. The molecule has 2 aromatic carbocycles. The Balaban J connectivity index is 1.84. The van der Waals surface area contributed by atoms with Crippen molar-refractivity contribution in [3.05, 3.63) is 64.1 Å². The van der Waals surface area contributed by atoms with Crippen LogP contribution in [0.25, 0.3) is 0 Å². The molecule has 0 spiro atoms. The van der Waals surface area contributed by atoms with Crippen molar-refractivity contribution in [3.8, 4) is 5.75 Å². The standard InChI is InChI=1S/C15H14BrNO2/c16-13-5-1-12(2-6-13)10-17-15(19)9-11-3-7-14(18)8-4-11/h1-8,18H,9-10H2,(H,17,19). The number of carbonyl (C=O) groups excluding carboxylic acids is 1. The second-order valence-electron chi connectivity index (χ2n) is 4.25. The summed E-state index contributed by atoms with van der Waals surface area (Å²) in [6.45, 7) is 0.518. The monoisotopic (exact) mass is 319 g/mol. The Morgan fingerprint density at radius 1 is 1.00 bits per heavy atom. The van der Waals surface area contributed by atoms with E-state index in [1.807, 2.05) is 24.3 Å². The van der Waals surface area contributed by atoms with Crippen LogP contribution in [0.1, 0.15) is 11.1 Å². The first kappa shape index (κ1) is 13.6. The summed E-state index contributed by atoms with van der Waals surface area (Å²) in [5.74, 6) is 0.174. The normalized spacial score (nSPS) is 10.2. The van der Waals surface area contributed by atoms with Gasteiger partial charge in [-0.1, -0.05) is 40.2 Å². The molecule has 2 N–H and O–H groups in total. The highest BCUT2D eigenvalue weighted by Crippen LogP contribution is 2.11. The summed E-state index contributed by atoms with van der Waals surface area (Å²) >= 11 is 3.37. The minimum Gasteiger partial charge on any atom is -0.508 e. The molecule has 0 fully saturated rings. The molecule has 2 rings (SSSR count). The summed E-state index contributed by atoms with van der Waals surface area (Å²) in [6, 6.07) is 14.5. The van der Waals surface area contributed by atoms with Crippen LogP contribution < -0.4 is 5.32 Å². The van der Waals surface area contributed by atoms with Gasteiger partial charge >= 0.3 is 0 Å². The molecule has 98 valence electrons. The molecule has 0 aliphatic carbocycles. The highest BCUT2D eigenvalue weighted by Gasteiger charge is 2.03. The van der Waals surface area contributed by atoms with Gasteiger partial charge in [-0.15, -0.1) is 0 Å². The fraction of sp³-hybridized carbons (Fsp3) is 0.133. The van der Waals surface area contributed by atoms with E-state index in [0.717, 1.165) is 15.6 Å². The summed E-state index contributed by atoms with van der Waals surface area (Å²) in [4.78, 5) is 11.8. The lowest BCUT2D eigenvalue weighted by atomic mass is 10.1. The van der Waals surface area contributed by atoms with Gasteiger partial charge in [0.15, 0.2) is 0 Å². The molecule has 19 heavy (non-hydrogen) atoms. The quantitative estimate of drug-likeness (QED) is 0.910. The molecule has 0 unspecified atom stereocenters. The van der Waals surface area contributed by atoms with Crippen LogP contribution in [0.5, 0.6) is 5.75 Å². The maximum Gasteiger partial charge on any atom is 0.224 e. The highest BCUT2D eigenvalue weighted by atomic mass is 79.9. The molecule has 4 heteroatoms. The molecule has 0 aliphatic heterocycles. The molecule has 1 amide bonds. The topological polar surface area (TPSA) is 49.3 Å². The molecule has 3 nitrogen and oxygen atoms in total. The van der Waals surface area contributed by atoms with E-state index in [2.05, 4.69) is 21.2 Å². The number of amides is 1. The third kappa shape index (κ3) is 4.41. The van der Waals surface area contributed by atoms with Gasteiger partial charge in [0.1, 0.15) is 5.75 Å². The molecule has 0 saturated heterocycles. The van der Waals surface area contributed by atoms with Crippen LogP contribution in [0.15, 0.2) is 53.0 Å². The van der Waals surface area contributed by atoms with Crippen LogP contribution in [0.3, 0.4) is 0 Å². The Labute approximate surface area is 120 Å². The van der Waals surface area contributed by atoms with Crippen molar-refractivity contribution in [2.24, 2.45) is 0 Å². The molecule has 0 radical (unpaired) electrons. The lowest BCUT2D eigenvalue weighted by Crippen LogP contribution is -2.24. The van der Waals surface area contributed by atoms with Crippen LogP contribution in [-0.2, 0) is 17.8 Å². The van der Waals surface area contributed by atoms with E-state index in [4.69, 9.17) is 5.11 Å². The van der Waals surface area contributed by atoms with E-state index in [1.54, 1.807) is 24.3 Å². The summed E-state index contributed by atoms with van der Waals surface area (Å²) in [5.41, 5.74) is 1.94. The van der Waals surface area contributed by atoms with Gasteiger partial charge in [0, 0.05) is 11.0 Å². The first-order chi connectivity index (χ1) is 9.13. The van der Waals surface area contributed by atoms with E-state index in [-0.39, 0.29) is 11.7 Å². The summed E-state index contributed by atoms with van der Waals surface area (Å²) in [7, 11) is 0. The summed E-state index contributed by atoms with van der Waals surface area (Å²) in [6.07, 6.45) is 0.316. The van der Waals surface area contributed by atoms with E-state index >= 15 is 0 Å². The lowest BCUT2D eigenvalue weighted by Gasteiger charge is -2.06. The van der Waals surface area contributed by atoms with Crippen molar-refractivity contribution in [2.45, 2.75) is 13.0 Å². The third-order valence-electron chi connectivity index (χ3n) is 2.70. The maximum atomic E-state index is 11.8. The van der Waals surface area contributed by atoms with Crippen LogP contribution in [0.2, 0.25) is 0 Å². The van der Waals surface area contributed by atoms with E-state index in [9.17, 15) is 4.79 Å². The summed E-state index contributed by atoms with van der Waals surface area (Å²) in [5, 5.41) is 12.0. The Morgan fingerprint density at radius 2 is 1.58 bits per heavy atom. The second kappa shape index (κ2) is 6.38. The molecule has 0 aliphatic rings. The number of benzene rings is 2. The largest absolute Gasteiger partial charge is 0.508 e. The van der Waals surface area contributed by atoms with E-state index in [1.165, 1.54) is 0 Å². The average molecular weight is 320 g/mol. The Kier molecular flexibility index (Phi) is 4.58. The van der Waals surface area contributed by atoms with E-state index in [0.29, 0.717) is 13.0 Å². The lowest BCUT2D eigenvalue weighted by molar-refractivity contribution is -0.120. The second-order valence-corrected chi connectivity index (χ2v) is 5.16. The highest BCUT2D eigenvalue weighted by molar-refractivity contribution is 9.10. The Bertz CT molecular complexity index is 549. The van der Waals surface area contributed by atoms with Gasteiger partial charge in [-0.05, 0) is 35.4 Å². The maximum absolute atomic E-state index is 11.8. The van der Waals surface area contributed by atoms with Crippen LogP contribution >= 0.6 is 15.9 Å². The minimum atomic E-state index is -0.0337. The van der Waals surface area contributed by atoms with Crippen LogP contribution in [0.4, 0.5) is 0 Å². The number of carbonyl (C=O) groups is 1. The number of hydrogen-bond donors (Lipinski definition) is 2. The smallest absolute Gasteiger partial charge is 0.224 e. The van der Waals surface area contributed by atoms with E-state index < -0.39 is 0 Å². The van der Waals surface area contributed by atoms with Crippen molar-refractivity contribution >= 4 is 21.8 Å². The van der Waals surface area contributed by atoms with Crippen LogP contribution in [0, 0.1) is 0 Å². The number of halogens is 1. The average Bonchev–Trinajstić information content (AvgIpc) is 2.41. The van der Waals surface area contributed by atoms with Gasteiger partial charge in [-0.3, -0.25) is 4.79 Å². The fourth-order valence-electron chi connectivity index (χ4n) is 1.66. The van der Waals surface area contributed by atoms with Crippen molar-refractivity contribution < 1.29 is 9.90 Å². The zero-order chi connectivity index (χ0) is 13.7. The van der Waals surface area contributed by atoms with Gasteiger partial charge < -0.3 is 10.4 Å². The first-order valence-corrected chi connectivity index (χ1v) is 6.72. The molecule has 0 bridgehead atoms. The molecule has 2 aromatic rings.